The van der Waals surface area contributed by atoms with E-state index in [-0.39, 0.29) is 0 Å². The minimum atomic E-state index is -2.23. The van der Waals surface area contributed by atoms with Crippen LogP contribution in [0.15, 0.2) is 21.8 Å². The van der Waals surface area contributed by atoms with Gasteiger partial charge >= 0.3 is 228 Å². The molecule has 0 heterocycles. The summed E-state index contributed by atoms with van der Waals surface area (Å²) in [5.41, 5.74) is 0.882. The molecule has 1 N–H and O–H groups in total. The van der Waals surface area contributed by atoms with Crippen molar-refractivity contribution in [2.24, 2.45) is 0 Å². The van der Waals surface area contributed by atoms with Crippen molar-refractivity contribution < 1.29 is 9.90 Å². The molecular weight excluding hydrogens is 630 g/mol. The number of allylic oxidation sites excluding steroid dienone is 2. The van der Waals surface area contributed by atoms with Crippen LogP contribution in [-0.4, -0.2) is 49.2 Å². The molecule has 0 saturated carbocycles. The van der Waals surface area contributed by atoms with Gasteiger partial charge in [-0.05, 0) is 0 Å². The van der Waals surface area contributed by atoms with Crippen molar-refractivity contribution in [3.63, 3.8) is 0 Å². The zero-order valence-corrected chi connectivity index (χ0v) is 30.0. The van der Waals surface area contributed by atoms with Crippen LogP contribution in [0.2, 0.25) is 26.6 Å². The molecule has 0 rings (SSSR count). The van der Waals surface area contributed by atoms with E-state index in [4.69, 9.17) is 5.11 Å². The summed E-state index contributed by atoms with van der Waals surface area (Å²) in [5, 5.41) is 8.84. The van der Waals surface area contributed by atoms with Crippen molar-refractivity contribution in [3.05, 3.63) is 21.8 Å². The van der Waals surface area contributed by atoms with E-state index in [0.717, 1.165) is 5.57 Å². The second kappa shape index (κ2) is 26.6. The van der Waals surface area contributed by atoms with Crippen LogP contribution in [0.25, 0.3) is 0 Å². The Morgan fingerprint density at radius 2 is 1.03 bits per heavy atom. The van der Waals surface area contributed by atoms with Crippen LogP contribution in [0.4, 0.5) is 0 Å². The standard InChI is InChI=1S/C6H7O2.6C4H9.2Sn/c1-3-5(2)4-6(7)8;6*1-3-4-2;;/h1,3-4H,2H3,(H,7,8);6*1,3-4H2,2H3;;/b3-1?,5-4-;;;;;;;;. The van der Waals surface area contributed by atoms with Gasteiger partial charge in [0.15, 0.2) is 0 Å². The normalized spacial score (nSPS) is 12.3. The maximum absolute atomic E-state index is 10.8. The molecule has 0 aromatic rings. The molecule has 0 saturated heterocycles. The van der Waals surface area contributed by atoms with Crippen LogP contribution < -0.4 is 0 Å². The summed E-state index contributed by atoms with van der Waals surface area (Å²) in [6.07, 6.45) is 20.1. The van der Waals surface area contributed by atoms with Crippen LogP contribution in [0.3, 0.4) is 0 Å². The van der Waals surface area contributed by atoms with Crippen molar-refractivity contribution >= 4 is 44.1 Å². The van der Waals surface area contributed by atoms with Gasteiger partial charge in [0.1, 0.15) is 0 Å². The fourth-order valence-electron chi connectivity index (χ4n) is 4.42. The summed E-state index contributed by atoms with van der Waals surface area (Å²) < 4.78 is 11.9. The molecule has 0 aliphatic carbocycles. The van der Waals surface area contributed by atoms with Crippen molar-refractivity contribution in [1.82, 2.24) is 0 Å². The van der Waals surface area contributed by atoms with E-state index >= 15 is 0 Å². The van der Waals surface area contributed by atoms with Crippen molar-refractivity contribution in [2.75, 3.05) is 0 Å². The molecule has 0 aromatic carbocycles. The Hall–Kier alpha value is 0.547. The van der Waals surface area contributed by atoms with E-state index in [0.29, 0.717) is 0 Å². The number of carboxylic acid groups (broad SMARTS) is 1. The molecule has 34 heavy (non-hydrogen) atoms. The van der Waals surface area contributed by atoms with Gasteiger partial charge in [-0.3, -0.25) is 0 Å². The molecule has 2 nitrogen and oxygen atoms in total. The fraction of sp³-hybridized carbons (Fsp3) is 0.833. The first kappa shape index (κ1) is 36.7. The summed E-state index contributed by atoms with van der Waals surface area (Å²) in [4.78, 5) is 10.8. The van der Waals surface area contributed by atoms with Crippen LogP contribution in [-0.2, 0) is 4.79 Å². The number of unbranched alkanes of at least 4 members (excludes halogenated alkanes) is 6. The average Bonchev–Trinajstić information content (AvgIpc) is 2.82. The van der Waals surface area contributed by atoms with E-state index in [9.17, 15) is 4.79 Å². The Labute approximate surface area is 226 Å². The average molecular weight is 691 g/mol. The number of carbonyl (C=O) groups is 1. The Balaban J connectivity index is 0. The van der Waals surface area contributed by atoms with Crippen LogP contribution in [0.1, 0.15) is 126 Å². The van der Waals surface area contributed by atoms with E-state index in [2.05, 4.69) is 51.7 Å². The molecule has 0 spiro atoms. The third-order valence-electron chi connectivity index (χ3n) is 6.79. The summed E-state index contributed by atoms with van der Waals surface area (Å²) in [6.45, 7) is 15.7. The van der Waals surface area contributed by atoms with Gasteiger partial charge in [-0.15, -0.1) is 0 Å². The van der Waals surface area contributed by atoms with Gasteiger partial charge in [0.25, 0.3) is 0 Å². The van der Waals surface area contributed by atoms with Crippen LogP contribution in [0.5, 0.6) is 0 Å². The minimum absolute atomic E-state index is 0.839. The Bertz CT molecular complexity index is 473. The van der Waals surface area contributed by atoms with Gasteiger partial charge in [0.05, 0.1) is 0 Å². The number of hydrogen-bond donors (Lipinski definition) is 1. The molecule has 0 aliphatic rings. The molecule has 0 atom stereocenters. The summed E-state index contributed by atoms with van der Waals surface area (Å²) in [5.74, 6) is -0.839. The van der Waals surface area contributed by atoms with E-state index in [1.165, 1.54) is 96.4 Å². The molecule has 0 bridgehead atoms. The zero-order chi connectivity index (χ0) is 26.1. The third-order valence-corrected chi connectivity index (χ3v) is 29.9. The SMILES string of the molecule is CCC[CH2][Sn](/[CH]=C/C(C)=C\C(=O)O)([CH2]CCC)[CH2]CCC.CCC[CH2][Sn]([CH2]CCC)[CH2]CCC. The van der Waals surface area contributed by atoms with Crippen molar-refractivity contribution in [3.8, 4) is 0 Å². The molecular formula is C30H61O2Sn2. The molecule has 0 fully saturated rings. The number of carboxylic acids is 1. The van der Waals surface area contributed by atoms with E-state index in [1.807, 2.05) is 6.92 Å². The molecule has 0 amide bonds. The van der Waals surface area contributed by atoms with E-state index < -0.39 is 44.1 Å². The first-order chi connectivity index (χ1) is 16.3. The quantitative estimate of drug-likeness (QED) is 0.0739. The van der Waals surface area contributed by atoms with Gasteiger partial charge in [-0.2, -0.15) is 0 Å². The fourth-order valence-corrected chi connectivity index (χ4v) is 28.3. The van der Waals surface area contributed by atoms with Crippen LogP contribution in [0, 0.1) is 0 Å². The summed E-state index contributed by atoms with van der Waals surface area (Å²) in [6, 6.07) is 0. The van der Waals surface area contributed by atoms with Crippen LogP contribution >= 0.6 is 0 Å². The summed E-state index contributed by atoms with van der Waals surface area (Å²) >= 11 is -3.07. The topological polar surface area (TPSA) is 37.3 Å². The van der Waals surface area contributed by atoms with Gasteiger partial charge < -0.3 is 0 Å². The zero-order valence-electron chi connectivity index (χ0n) is 24.3. The van der Waals surface area contributed by atoms with Crippen molar-refractivity contribution in [1.29, 1.82) is 0 Å². The van der Waals surface area contributed by atoms with E-state index in [1.54, 1.807) is 13.3 Å². The Morgan fingerprint density at radius 1 is 0.676 bits per heavy atom. The molecule has 0 unspecified atom stereocenters. The molecule has 201 valence electrons. The molecule has 1 radical (unpaired) electrons. The second-order valence-electron chi connectivity index (χ2n) is 10.3. The molecule has 0 aliphatic heterocycles. The second-order valence-corrected chi connectivity index (χ2v) is 31.9. The molecule has 4 heteroatoms. The van der Waals surface area contributed by atoms with Gasteiger partial charge in [-0.1, -0.05) is 0 Å². The first-order valence-corrected chi connectivity index (χ1v) is 28.5. The first-order valence-electron chi connectivity index (χ1n) is 14.8. The number of hydrogen-bond acceptors (Lipinski definition) is 1. The Morgan fingerprint density at radius 3 is 1.32 bits per heavy atom. The van der Waals surface area contributed by atoms with Gasteiger partial charge in [0.2, 0.25) is 0 Å². The van der Waals surface area contributed by atoms with Gasteiger partial charge in [0, 0.05) is 0 Å². The number of aliphatic carboxylic acids is 1. The predicted molar refractivity (Wildman–Crippen MR) is 160 cm³/mol. The molecule has 0 aromatic heterocycles. The maximum atomic E-state index is 10.8. The monoisotopic (exact) mass is 693 g/mol. The van der Waals surface area contributed by atoms with Gasteiger partial charge in [-0.25, -0.2) is 0 Å². The number of rotatable bonds is 21. The summed E-state index contributed by atoms with van der Waals surface area (Å²) in [7, 11) is 0. The van der Waals surface area contributed by atoms with Crippen molar-refractivity contribution in [2.45, 2.75) is 152 Å². The predicted octanol–water partition coefficient (Wildman–Crippen LogP) is 10.8. The Kier molecular flexibility index (Phi) is 28.7. The third kappa shape index (κ3) is 23.0.